The van der Waals surface area contributed by atoms with E-state index in [9.17, 15) is 4.79 Å². The lowest BCUT2D eigenvalue weighted by Crippen LogP contribution is -2.08. The van der Waals surface area contributed by atoms with Crippen molar-refractivity contribution in [3.8, 4) is 0 Å². The summed E-state index contributed by atoms with van der Waals surface area (Å²) in [6.45, 7) is 3.59. The van der Waals surface area contributed by atoms with Crippen LogP contribution in [0.5, 0.6) is 0 Å². The van der Waals surface area contributed by atoms with Crippen molar-refractivity contribution < 1.29 is 9.53 Å². The predicted octanol–water partition coefficient (Wildman–Crippen LogP) is 0.700. The van der Waals surface area contributed by atoms with Gasteiger partial charge in [-0.2, -0.15) is 5.10 Å². The summed E-state index contributed by atoms with van der Waals surface area (Å²) < 4.78 is 6.28. The van der Waals surface area contributed by atoms with E-state index >= 15 is 0 Å². The first-order valence-electron chi connectivity index (χ1n) is 3.91. The van der Waals surface area contributed by atoms with E-state index in [2.05, 4.69) is 10.1 Å². The molecule has 70 valence electrons. The number of aromatic nitrogens is 3. The Bertz CT molecular complexity index is 290. The number of esters is 1. The minimum absolute atomic E-state index is 0.104. The monoisotopic (exact) mass is 181 g/mol. The second-order valence-electron chi connectivity index (χ2n) is 2.68. The van der Waals surface area contributed by atoms with E-state index in [0.717, 1.165) is 0 Å². The number of carbonyl (C=O) groups excluding carboxylic acids is 1. The van der Waals surface area contributed by atoms with E-state index in [0.29, 0.717) is 0 Å². The number of hydrogen-bond acceptors (Lipinski definition) is 4. The normalized spacial score (nSPS) is 11.0. The van der Waals surface area contributed by atoms with Crippen LogP contribution in [0.25, 0.3) is 6.20 Å². The Morgan fingerprint density at radius 3 is 2.92 bits per heavy atom. The van der Waals surface area contributed by atoms with Gasteiger partial charge in [0.2, 0.25) is 0 Å². The number of nitrogens with zero attached hydrogens (tertiary/aromatic N) is 3. The third-order valence-electron chi connectivity index (χ3n) is 1.15. The Labute approximate surface area is 76.0 Å². The van der Waals surface area contributed by atoms with E-state index in [1.807, 2.05) is 0 Å². The fraction of sp³-hybridized carbons (Fsp3) is 0.375. The summed E-state index contributed by atoms with van der Waals surface area (Å²) in [5, 5.41) is 3.78. The zero-order valence-corrected chi connectivity index (χ0v) is 7.54. The van der Waals surface area contributed by atoms with Gasteiger partial charge in [0, 0.05) is 12.3 Å². The molecule has 1 aromatic rings. The standard InChI is InChI=1S/C8H11N3O2/c1-7(2)13-8(12)3-4-11-6-9-5-10-11/h3-7H,1-2H3/b4-3+. The molecule has 0 spiro atoms. The molecule has 0 aliphatic heterocycles. The number of carbonyl (C=O) groups is 1. The predicted molar refractivity (Wildman–Crippen MR) is 46.6 cm³/mol. The maximum atomic E-state index is 11.0. The summed E-state index contributed by atoms with van der Waals surface area (Å²) >= 11 is 0. The van der Waals surface area contributed by atoms with Crippen LogP contribution in [0.4, 0.5) is 0 Å². The quantitative estimate of drug-likeness (QED) is 0.508. The van der Waals surface area contributed by atoms with Gasteiger partial charge in [-0.25, -0.2) is 14.5 Å². The van der Waals surface area contributed by atoms with E-state index in [-0.39, 0.29) is 12.1 Å². The van der Waals surface area contributed by atoms with Crippen LogP contribution in [0.3, 0.4) is 0 Å². The first kappa shape index (κ1) is 9.44. The third-order valence-corrected chi connectivity index (χ3v) is 1.15. The lowest BCUT2D eigenvalue weighted by Gasteiger charge is -2.03. The molecule has 0 fully saturated rings. The molecule has 0 aliphatic carbocycles. The van der Waals surface area contributed by atoms with Crippen molar-refractivity contribution in [1.82, 2.24) is 14.8 Å². The average molecular weight is 181 g/mol. The van der Waals surface area contributed by atoms with Crippen molar-refractivity contribution in [2.45, 2.75) is 20.0 Å². The van der Waals surface area contributed by atoms with Gasteiger partial charge < -0.3 is 4.74 Å². The van der Waals surface area contributed by atoms with Crippen molar-refractivity contribution in [2.24, 2.45) is 0 Å². The molecule has 0 aromatic carbocycles. The van der Waals surface area contributed by atoms with Crippen LogP contribution in [-0.2, 0) is 9.53 Å². The van der Waals surface area contributed by atoms with Gasteiger partial charge >= 0.3 is 5.97 Å². The van der Waals surface area contributed by atoms with Crippen LogP contribution >= 0.6 is 0 Å². The summed E-state index contributed by atoms with van der Waals surface area (Å²) in [6.07, 6.45) is 5.55. The van der Waals surface area contributed by atoms with Crippen molar-refractivity contribution in [2.75, 3.05) is 0 Å². The van der Waals surface area contributed by atoms with Gasteiger partial charge in [-0.1, -0.05) is 0 Å². The zero-order chi connectivity index (χ0) is 9.68. The molecule has 0 saturated heterocycles. The highest BCUT2D eigenvalue weighted by molar-refractivity contribution is 5.84. The van der Waals surface area contributed by atoms with Gasteiger partial charge in [0.15, 0.2) is 0 Å². The summed E-state index contributed by atoms with van der Waals surface area (Å²) in [4.78, 5) is 14.7. The van der Waals surface area contributed by atoms with E-state index in [1.165, 1.54) is 29.6 Å². The summed E-state index contributed by atoms with van der Waals surface area (Å²) in [5.41, 5.74) is 0. The Hall–Kier alpha value is -1.65. The lowest BCUT2D eigenvalue weighted by atomic mass is 10.5. The molecule has 1 rings (SSSR count). The molecule has 0 saturated carbocycles. The van der Waals surface area contributed by atoms with Crippen LogP contribution in [0.1, 0.15) is 13.8 Å². The fourth-order valence-electron chi connectivity index (χ4n) is 0.703. The zero-order valence-electron chi connectivity index (χ0n) is 7.54. The fourth-order valence-corrected chi connectivity index (χ4v) is 0.703. The SMILES string of the molecule is CC(C)OC(=O)/C=C/n1cncn1. The molecule has 1 aromatic heterocycles. The van der Waals surface area contributed by atoms with Crippen molar-refractivity contribution >= 4 is 12.2 Å². The molecule has 0 amide bonds. The molecule has 0 atom stereocenters. The van der Waals surface area contributed by atoms with Gasteiger partial charge in [-0.3, -0.25) is 0 Å². The van der Waals surface area contributed by atoms with Gasteiger partial charge in [0.05, 0.1) is 6.10 Å². The second-order valence-corrected chi connectivity index (χ2v) is 2.68. The van der Waals surface area contributed by atoms with Gasteiger partial charge in [0.25, 0.3) is 0 Å². The van der Waals surface area contributed by atoms with E-state index < -0.39 is 0 Å². The van der Waals surface area contributed by atoms with Crippen LogP contribution in [0.15, 0.2) is 18.7 Å². The Balaban J connectivity index is 2.44. The lowest BCUT2D eigenvalue weighted by molar-refractivity contribution is -0.141. The summed E-state index contributed by atoms with van der Waals surface area (Å²) in [6, 6.07) is 0. The number of rotatable bonds is 3. The second kappa shape index (κ2) is 4.39. The van der Waals surface area contributed by atoms with Gasteiger partial charge in [0.1, 0.15) is 12.7 Å². The molecule has 5 nitrogen and oxygen atoms in total. The van der Waals surface area contributed by atoms with Crippen LogP contribution < -0.4 is 0 Å². The minimum atomic E-state index is -0.384. The minimum Gasteiger partial charge on any atom is -0.460 e. The van der Waals surface area contributed by atoms with Crippen LogP contribution in [0, 0.1) is 0 Å². The molecule has 0 aliphatic rings. The molecule has 1 heterocycles. The maximum Gasteiger partial charge on any atom is 0.332 e. The first-order chi connectivity index (χ1) is 6.18. The summed E-state index contributed by atoms with van der Waals surface area (Å²) in [5.74, 6) is -0.384. The largest absolute Gasteiger partial charge is 0.460 e. The van der Waals surface area contributed by atoms with E-state index in [4.69, 9.17) is 4.74 Å². The first-order valence-corrected chi connectivity index (χ1v) is 3.91. The highest BCUT2D eigenvalue weighted by atomic mass is 16.5. The maximum absolute atomic E-state index is 11.0. The van der Waals surface area contributed by atoms with Crippen LogP contribution in [0.2, 0.25) is 0 Å². The average Bonchev–Trinajstić information content (AvgIpc) is 2.51. The molecular formula is C8H11N3O2. The Morgan fingerprint density at radius 2 is 2.38 bits per heavy atom. The van der Waals surface area contributed by atoms with Crippen molar-refractivity contribution in [1.29, 1.82) is 0 Å². The number of hydrogen-bond donors (Lipinski definition) is 0. The molecule has 0 N–H and O–H groups in total. The number of ether oxygens (including phenoxy) is 1. The highest BCUT2D eigenvalue weighted by Crippen LogP contribution is 1.91. The molecule has 0 bridgehead atoms. The van der Waals surface area contributed by atoms with Crippen molar-refractivity contribution in [3.63, 3.8) is 0 Å². The smallest absolute Gasteiger partial charge is 0.332 e. The Morgan fingerprint density at radius 1 is 1.62 bits per heavy atom. The van der Waals surface area contributed by atoms with Gasteiger partial charge in [-0.15, -0.1) is 0 Å². The topological polar surface area (TPSA) is 57.0 Å². The van der Waals surface area contributed by atoms with Gasteiger partial charge in [-0.05, 0) is 13.8 Å². The van der Waals surface area contributed by atoms with Crippen molar-refractivity contribution in [3.05, 3.63) is 18.7 Å². The molecule has 5 heteroatoms. The highest BCUT2D eigenvalue weighted by Gasteiger charge is 1.99. The third kappa shape index (κ3) is 3.50. The van der Waals surface area contributed by atoms with E-state index in [1.54, 1.807) is 13.8 Å². The van der Waals surface area contributed by atoms with Crippen LogP contribution in [-0.4, -0.2) is 26.8 Å². The summed E-state index contributed by atoms with van der Waals surface area (Å²) in [7, 11) is 0. The molecule has 0 unspecified atom stereocenters. The molecule has 13 heavy (non-hydrogen) atoms. The molecule has 0 radical (unpaired) electrons. The Kier molecular flexibility index (Phi) is 3.19. The molecular weight excluding hydrogens is 170 g/mol.